The van der Waals surface area contributed by atoms with Crippen molar-refractivity contribution in [1.29, 1.82) is 0 Å². The molecule has 0 aromatic carbocycles. The zero-order valence-corrected chi connectivity index (χ0v) is 22.4. The predicted octanol–water partition coefficient (Wildman–Crippen LogP) is 3.58. The Hall–Kier alpha value is -2.99. The average molecular weight is 563 g/mol. The monoisotopic (exact) mass is 562 g/mol. The second-order valence-corrected chi connectivity index (χ2v) is 11.6. The van der Waals surface area contributed by atoms with Crippen LogP contribution in [0, 0.1) is 23.2 Å². The van der Waals surface area contributed by atoms with Crippen molar-refractivity contribution in [1.82, 2.24) is 19.8 Å². The molecule has 0 bridgehead atoms. The van der Waals surface area contributed by atoms with Crippen LogP contribution >= 0.6 is 0 Å². The molecule has 5 heterocycles. The number of alkyl halides is 3. The fourth-order valence-electron chi connectivity index (χ4n) is 7.42. The minimum atomic E-state index is -4.51. The summed E-state index contributed by atoms with van der Waals surface area (Å²) in [5.41, 5.74) is -0.613. The van der Waals surface area contributed by atoms with E-state index in [0.29, 0.717) is 56.3 Å². The summed E-state index contributed by atoms with van der Waals surface area (Å²) in [5, 5.41) is 0. The van der Waals surface area contributed by atoms with E-state index in [1.54, 1.807) is 16.9 Å². The number of hydrogen-bond donors (Lipinski definition) is 0. The number of amides is 2. The van der Waals surface area contributed by atoms with E-state index in [1.165, 1.54) is 12.5 Å². The van der Waals surface area contributed by atoms with Crippen molar-refractivity contribution in [2.75, 3.05) is 40.0 Å². The van der Waals surface area contributed by atoms with Crippen LogP contribution in [0.4, 0.5) is 13.2 Å². The number of carbonyl (C=O) groups is 2. The van der Waals surface area contributed by atoms with Gasteiger partial charge in [-0.2, -0.15) is 13.2 Å². The summed E-state index contributed by atoms with van der Waals surface area (Å²) in [5.74, 6) is 0.0709. The lowest BCUT2D eigenvalue weighted by Crippen LogP contribution is -2.49. The molecule has 1 saturated carbocycles. The molecule has 216 valence electrons. The van der Waals surface area contributed by atoms with Crippen LogP contribution in [0.3, 0.4) is 0 Å². The molecule has 4 aliphatic rings. The number of hydrogen-bond acceptors (Lipinski definition) is 7. The Morgan fingerprint density at radius 1 is 1.25 bits per heavy atom. The van der Waals surface area contributed by atoms with Crippen LogP contribution in [-0.2, 0) is 33.4 Å². The van der Waals surface area contributed by atoms with Crippen LogP contribution in [0.1, 0.15) is 53.2 Å². The molecule has 9 nitrogen and oxygen atoms in total. The van der Waals surface area contributed by atoms with Gasteiger partial charge in [0, 0.05) is 58.2 Å². The van der Waals surface area contributed by atoms with Crippen molar-refractivity contribution in [3.63, 3.8) is 0 Å². The van der Waals surface area contributed by atoms with Gasteiger partial charge in [-0.05, 0) is 55.1 Å². The van der Waals surface area contributed by atoms with Crippen molar-refractivity contribution in [2.45, 2.75) is 50.9 Å². The number of pyridine rings is 1. The molecular formula is C28H33F3N4O5. The van der Waals surface area contributed by atoms with Gasteiger partial charge in [0.15, 0.2) is 0 Å². The van der Waals surface area contributed by atoms with Crippen molar-refractivity contribution in [3.8, 4) is 0 Å². The number of carbonyl (C=O) groups excluding carboxylic acids is 2. The predicted molar refractivity (Wildman–Crippen MR) is 134 cm³/mol. The molecule has 40 heavy (non-hydrogen) atoms. The molecule has 6 rings (SSSR count). The van der Waals surface area contributed by atoms with E-state index >= 15 is 0 Å². The van der Waals surface area contributed by atoms with Gasteiger partial charge in [0.2, 0.25) is 5.91 Å². The molecule has 0 N–H and O–H groups in total. The van der Waals surface area contributed by atoms with Gasteiger partial charge < -0.3 is 23.7 Å². The standard InChI is InChI=1S/C28H33F3N4O5/c1-38-23-15-39-6-3-18(23)8-17-9-21-14-35(25(36)24-32-4-7-40-24)16-27(21,11-17)26(37)34-5-2-22-19(13-34)10-20(12-33-22)28(29,30)31/h4,7,10,12,17-18,21,23H,2-3,5-6,8-9,11,13-16H2,1H3/t17-,18?,21+,23?,27+/m1/s1. The zero-order chi connectivity index (χ0) is 28.1. The number of halogens is 3. The first kappa shape index (κ1) is 27.2. The molecule has 0 spiro atoms. The first-order valence-electron chi connectivity index (χ1n) is 13.8. The highest BCUT2D eigenvalue weighted by Crippen LogP contribution is 2.55. The number of ether oxygens (including phenoxy) is 2. The van der Waals surface area contributed by atoms with Crippen LogP contribution in [0.5, 0.6) is 0 Å². The molecule has 3 fully saturated rings. The number of likely N-dealkylation sites (tertiary alicyclic amines) is 1. The number of oxazole rings is 1. The average Bonchev–Trinajstić information content (AvgIpc) is 3.67. The van der Waals surface area contributed by atoms with Gasteiger partial charge in [0.25, 0.3) is 5.89 Å². The third kappa shape index (κ3) is 4.89. The van der Waals surface area contributed by atoms with Crippen LogP contribution in [0.2, 0.25) is 0 Å². The van der Waals surface area contributed by atoms with Crippen molar-refractivity contribution in [2.24, 2.45) is 23.2 Å². The molecule has 1 aliphatic carbocycles. The van der Waals surface area contributed by atoms with E-state index in [9.17, 15) is 22.8 Å². The van der Waals surface area contributed by atoms with E-state index in [2.05, 4.69) is 9.97 Å². The topological polar surface area (TPSA) is 98.0 Å². The lowest BCUT2D eigenvalue weighted by molar-refractivity contribution is -0.144. The van der Waals surface area contributed by atoms with Gasteiger partial charge in [-0.25, -0.2) is 4.98 Å². The SMILES string of the molecule is COC1COCCC1C[C@@H]1C[C@H]2CN(C(=O)c3ncco3)C[C@@]2(C(=O)N2CCc3ncc(C(F)(F)F)cc3C2)C1. The molecular weight excluding hydrogens is 529 g/mol. The van der Waals surface area contributed by atoms with Crippen molar-refractivity contribution in [3.05, 3.63) is 47.4 Å². The minimum Gasteiger partial charge on any atom is -0.441 e. The highest BCUT2D eigenvalue weighted by Gasteiger charge is 2.60. The van der Waals surface area contributed by atoms with Crippen molar-refractivity contribution >= 4 is 11.8 Å². The fourth-order valence-corrected chi connectivity index (χ4v) is 7.42. The molecule has 3 aliphatic heterocycles. The number of aromatic nitrogens is 2. The summed E-state index contributed by atoms with van der Waals surface area (Å²) in [7, 11) is 1.69. The van der Waals surface area contributed by atoms with Gasteiger partial charge in [-0.15, -0.1) is 0 Å². The first-order chi connectivity index (χ1) is 19.2. The lowest BCUT2D eigenvalue weighted by atomic mass is 9.78. The largest absolute Gasteiger partial charge is 0.441 e. The Bertz CT molecular complexity index is 1260. The first-order valence-corrected chi connectivity index (χ1v) is 13.8. The van der Waals surface area contributed by atoms with Crippen LogP contribution in [0.15, 0.2) is 29.1 Å². The zero-order valence-electron chi connectivity index (χ0n) is 22.4. The second-order valence-electron chi connectivity index (χ2n) is 11.6. The van der Waals surface area contributed by atoms with E-state index in [-0.39, 0.29) is 48.7 Å². The Labute approximate surface area is 230 Å². The number of nitrogens with zero attached hydrogens (tertiary/aromatic N) is 4. The van der Waals surface area contributed by atoms with Gasteiger partial charge in [-0.3, -0.25) is 14.6 Å². The maximum Gasteiger partial charge on any atom is 0.417 e. The number of methoxy groups -OCH3 is 1. The second kappa shape index (κ2) is 10.4. The third-order valence-corrected chi connectivity index (χ3v) is 9.33. The Kier molecular flexibility index (Phi) is 7.10. The van der Waals surface area contributed by atoms with Crippen molar-refractivity contribution < 1.29 is 36.7 Å². The summed E-state index contributed by atoms with van der Waals surface area (Å²) in [4.78, 5) is 38.9. The maximum atomic E-state index is 14.4. The van der Waals surface area contributed by atoms with E-state index < -0.39 is 17.2 Å². The van der Waals surface area contributed by atoms with Crippen LogP contribution in [0.25, 0.3) is 0 Å². The molecule has 2 saturated heterocycles. The molecule has 2 unspecified atom stereocenters. The molecule has 5 atom stereocenters. The number of fused-ring (bicyclic) bond motifs is 2. The summed E-state index contributed by atoms with van der Waals surface area (Å²) in [6.07, 6.45) is 2.72. The Balaban J connectivity index is 1.25. The fraction of sp³-hybridized carbons (Fsp3) is 0.643. The molecule has 2 aromatic rings. The number of rotatable bonds is 5. The minimum absolute atomic E-state index is 0.0119. The van der Waals surface area contributed by atoms with Gasteiger partial charge >= 0.3 is 12.1 Å². The summed E-state index contributed by atoms with van der Waals surface area (Å²) in [6.45, 7) is 2.34. The van der Waals surface area contributed by atoms with E-state index in [1.807, 2.05) is 0 Å². The molecule has 12 heteroatoms. The molecule has 0 radical (unpaired) electrons. The highest BCUT2D eigenvalue weighted by atomic mass is 19.4. The van der Waals surface area contributed by atoms with Gasteiger partial charge in [-0.1, -0.05) is 0 Å². The lowest BCUT2D eigenvalue weighted by Gasteiger charge is -2.37. The Morgan fingerprint density at radius 3 is 2.85 bits per heavy atom. The summed E-state index contributed by atoms with van der Waals surface area (Å²) >= 11 is 0. The molecule has 2 amide bonds. The van der Waals surface area contributed by atoms with Gasteiger partial charge in [0.05, 0.1) is 29.9 Å². The Morgan fingerprint density at radius 2 is 2.10 bits per heavy atom. The quantitative estimate of drug-likeness (QED) is 0.550. The van der Waals surface area contributed by atoms with Crippen LogP contribution in [-0.4, -0.2) is 77.6 Å². The normalized spacial score (nSPS) is 30.3. The summed E-state index contributed by atoms with van der Waals surface area (Å²) in [6, 6.07) is 1.11. The van der Waals surface area contributed by atoms with Crippen LogP contribution < -0.4 is 0 Å². The van der Waals surface area contributed by atoms with E-state index in [4.69, 9.17) is 13.9 Å². The molecule has 2 aromatic heterocycles. The summed E-state index contributed by atoms with van der Waals surface area (Å²) < 4.78 is 56.6. The third-order valence-electron chi connectivity index (χ3n) is 9.33. The van der Waals surface area contributed by atoms with E-state index in [0.717, 1.165) is 31.5 Å². The smallest absolute Gasteiger partial charge is 0.417 e. The van der Waals surface area contributed by atoms with Gasteiger partial charge in [0.1, 0.15) is 6.26 Å². The highest BCUT2D eigenvalue weighted by molar-refractivity contribution is 5.92. The maximum absolute atomic E-state index is 14.4.